The van der Waals surface area contributed by atoms with Crippen LogP contribution in [0.2, 0.25) is 0 Å². The van der Waals surface area contributed by atoms with Gasteiger partial charge >= 0.3 is 0 Å². The van der Waals surface area contributed by atoms with Crippen LogP contribution in [0.15, 0.2) is 48.7 Å². The van der Waals surface area contributed by atoms with Gasteiger partial charge in [-0.15, -0.1) is 0 Å². The van der Waals surface area contributed by atoms with Crippen molar-refractivity contribution in [1.29, 1.82) is 0 Å². The number of fused-ring (bicyclic) bond motifs is 1. The van der Waals surface area contributed by atoms with Crippen LogP contribution in [0.4, 0.5) is 0 Å². The van der Waals surface area contributed by atoms with Crippen LogP contribution in [0.5, 0.6) is 0 Å². The van der Waals surface area contributed by atoms with Crippen molar-refractivity contribution >= 4 is 10.9 Å². The zero-order valence-corrected chi connectivity index (χ0v) is 11.9. The molecular weight excluding hydrogens is 246 g/mol. The predicted molar refractivity (Wildman–Crippen MR) is 82.6 cm³/mol. The quantitative estimate of drug-likeness (QED) is 0.788. The maximum absolute atomic E-state index is 6.02. The highest BCUT2D eigenvalue weighted by atomic mass is 15.0. The van der Waals surface area contributed by atoms with E-state index in [1.54, 1.807) is 0 Å². The second-order valence-corrected chi connectivity index (χ2v) is 5.29. The molecule has 0 aliphatic heterocycles. The third-order valence-corrected chi connectivity index (χ3v) is 3.60. The number of aromatic nitrogens is 2. The van der Waals surface area contributed by atoms with Gasteiger partial charge in [0.15, 0.2) is 0 Å². The lowest BCUT2D eigenvalue weighted by Gasteiger charge is -2.14. The Labute approximate surface area is 119 Å². The van der Waals surface area contributed by atoms with Crippen molar-refractivity contribution in [2.24, 2.45) is 5.73 Å². The molecule has 2 N–H and O–H groups in total. The standard InChI is InChI=1S/C17H19N3/c1-12-10-14(15-6-3-4-7-16(15)19-12)11-20-9-5-8-17(20)13(2)18/h3-10,13H,11,18H2,1-2H3. The molecule has 0 fully saturated rings. The molecule has 2 aromatic heterocycles. The van der Waals surface area contributed by atoms with E-state index in [0.29, 0.717) is 0 Å². The third kappa shape index (κ3) is 2.32. The monoisotopic (exact) mass is 265 g/mol. The van der Waals surface area contributed by atoms with E-state index in [-0.39, 0.29) is 6.04 Å². The van der Waals surface area contributed by atoms with Crippen LogP contribution < -0.4 is 5.73 Å². The van der Waals surface area contributed by atoms with E-state index in [1.165, 1.54) is 10.9 Å². The Morgan fingerprint density at radius 3 is 2.80 bits per heavy atom. The molecule has 102 valence electrons. The van der Waals surface area contributed by atoms with Gasteiger partial charge in [0.1, 0.15) is 0 Å². The molecule has 0 bridgehead atoms. The molecule has 1 aromatic carbocycles. The minimum Gasteiger partial charge on any atom is -0.346 e. The number of hydrogen-bond donors (Lipinski definition) is 1. The minimum atomic E-state index is 0.0409. The molecule has 0 amide bonds. The Bertz CT molecular complexity index is 741. The lowest BCUT2D eigenvalue weighted by atomic mass is 10.1. The van der Waals surface area contributed by atoms with Crippen LogP contribution in [0.1, 0.15) is 29.9 Å². The van der Waals surface area contributed by atoms with E-state index < -0.39 is 0 Å². The topological polar surface area (TPSA) is 43.8 Å². The van der Waals surface area contributed by atoms with Crippen LogP contribution in [-0.4, -0.2) is 9.55 Å². The van der Waals surface area contributed by atoms with Gasteiger partial charge in [0.2, 0.25) is 0 Å². The van der Waals surface area contributed by atoms with Gasteiger partial charge in [-0.1, -0.05) is 18.2 Å². The van der Waals surface area contributed by atoms with Gasteiger partial charge in [-0.05, 0) is 43.7 Å². The fourth-order valence-corrected chi connectivity index (χ4v) is 2.69. The summed E-state index contributed by atoms with van der Waals surface area (Å²) >= 11 is 0. The van der Waals surface area contributed by atoms with Gasteiger partial charge in [0.25, 0.3) is 0 Å². The summed E-state index contributed by atoms with van der Waals surface area (Å²) in [5.41, 5.74) is 10.6. The first-order valence-electron chi connectivity index (χ1n) is 6.91. The van der Waals surface area contributed by atoms with Crippen molar-refractivity contribution in [1.82, 2.24) is 9.55 Å². The number of hydrogen-bond acceptors (Lipinski definition) is 2. The van der Waals surface area contributed by atoms with Gasteiger partial charge in [-0.25, -0.2) is 0 Å². The molecule has 0 aliphatic carbocycles. The maximum Gasteiger partial charge on any atom is 0.0708 e. The summed E-state index contributed by atoms with van der Waals surface area (Å²) in [6.45, 7) is 4.88. The minimum absolute atomic E-state index is 0.0409. The molecule has 3 heteroatoms. The van der Waals surface area contributed by atoms with Gasteiger partial charge in [-0.3, -0.25) is 4.98 Å². The molecular formula is C17H19N3. The number of rotatable bonds is 3. The molecule has 2 heterocycles. The Hall–Kier alpha value is -2.13. The second kappa shape index (κ2) is 5.10. The van der Waals surface area contributed by atoms with Gasteiger partial charge in [0, 0.05) is 35.6 Å². The molecule has 3 nitrogen and oxygen atoms in total. The van der Waals surface area contributed by atoms with Crippen LogP contribution in [0.3, 0.4) is 0 Å². The number of para-hydroxylation sites is 1. The van der Waals surface area contributed by atoms with E-state index in [0.717, 1.165) is 23.4 Å². The molecule has 0 spiro atoms. The van der Waals surface area contributed by atoms with Crippen LogP contribution >= 0.6 is 0 Å². The van der Waals surface area contributed by atoms with Gasteiger partial charge in [0.05, 0.1) is 5.52 Å². The molecule has 0 saturated heterocycles. The fourth-order valence-electron chi connectivity index (χ4n) is 2.69. The first kappa shape index (κ1) is 12.9. The Morgan fingerprint density at radius 2 is 2.00 bits per heavy atom. The summed E-state index contributed by atoms with van der Waals surface area (Å²) in [6, 6.07) is 14.6. The SMILES string of the molecule is Cc1cc(Cn2cccc2C(C)N)c2ccccc2n1. The molecule has 3 rings (SSSR count). The van der Waals surface area contributed by atoms with Crippen LogP contribution in [0, 0.1) is 6.92 Å². The Balaban J connectivity index is 2.08. The third-order valence-electron chi connectivity index (χ3n) is 3.60. The second-order valence-electron chi connectivity index (χ2n) is 5.29. The molecule has 1 atom stereocenters. The van der Waals surface area contributed by atoms with Crippen LogP contribution in [-0.2, 0) is 6.54 Å². The largest absolute Gasteiger partial charge is 0.346 e. The highest BCUT2D eigenvalue weighted by molar-refractivity contribution is 5.82. The molecule has 20 heavy (non-hydrogen) atoms. The van der Waals surface area contributed by atoms with Gasteiger partial charge in [-0.2, -0.15) is 0 Å². The van der Waals surface area contributed by atoms with Crippen LogP contribution in [0.25, 0.3) is 10.9 Å². The van der Waals surface area contributed by atoms with E-state index in [9.17, 15) is 0 Å². The van der Waals surface area contributed by atoms with Crippen molar-refractivity contribution in [3.05, 3.63) is 65.6 Å². The van der Waals surface area contributed by atoms with Crippen molar-refractivity contribution < 1.29 is 0 Å². The predicted octanol–water partition coefficient (Wildman–Crippen LogP) is 3.41. The average molecular weight is 265 g/mol. The summed E-state index contributed by atoms with van der Waals surface area (Å²) in [6.07, 6.45) is 2.09. The Morgan fingerprint density at radius 1 is 1.20 bits per heavy atom. The first-order valence-corrected chi connectivity index (χ1v) is 6.91. The smallest absolute Gasteiger partial charge is 0.0708 e. The number of pyridine rings is 1. The average Bonchev–Trinajstić information content (AvgIpc) is 2.87. The fraction of sp³-hybridized carbons (Fsp3) is 0.235. The zero-order valence-electron chi connectivity index (χ0n) is 11.9. The van der Waals surface area contributed by atoms with Crippen molar-refractivity contribution in [2.75, 3.05) is 0 Å². The summed E-state index contributed by atoms with van der Waals surface area (Å²) in [5, 5.41) is 1.21. The van der Waals surface area contributed by atoms with E-state index >= 15 is 0 Å². The molecule has 3 aromatic rings. The number of nitrogens with zero attached hydrogens (tertiary/aromatic N) is 2. The Kier molecular flexibility index (Phi) is 3.28. The number of benzene rings is 1. The number of aryl methyl sites for hydroxylation is 1. The normalized spacial score (nSPS) is 12.8. The molecule has 0 aliphatic rings. The zero-order chi connectivity index (χ0) is 14.1. The van der Waals surface area contributed by atoms with Gasteiger partial charge < -0.3 is 10.3 Å². The van der Waals surface area contributed by atoms with E-state index in [1.807, 2.05) is 19.9 Å². The van der Waals surface area contributed by atoms with Crippen molar-refractivity contribution in [2.45, 2.75) is 26.4 Å². The lowest BCUT2D eigenvalue weighted by Crippen LogP contribution is -2.12. The van der Waals surface area contributed by atoms with Crippen molar-refractivity contribution in [3.8, 4) is 0 Å². The molecule has 0 radical (unpaired) electrons. The molecule has 0 saturated carbocycles. The van der Waals surface area contributed by atoms with E-state index in [4.69, 9.17) is 5.73 Å². The maximum atomic E-state index is 6.02. The highest BCUT2D eigenvalue weighted by Crippen LogP contribution is 2.21. The summed E-state index contributed by atoms with van der Waals surface area (Å²) in [4.78, 5) is 4.59. The summed E-state index contributed by atoms with van der Waals surface area (Å²) in [5.74, 6) is 0. The number of nitrogens with two attached hydrogens (primary N) is 1. The first-order chi connectivity index (χ1) is 9.65. The lowest BCUT2D eigenvalue weighted by molar-refractivity contribution is 0.677. The molecule has 1 unspecified atom stereocenters. The highest BCUT2D eigenvalue weighted by Gasteiger charge is 2.09. The summed E-state index contributed by atoms with van der Waals surface area (Å²) < 4.78 is 2.21. The summed E-state index contributed by atoms with van der Waals surface area (Å²) in [7, 11) is 0. The van der Waals surface area contributed by atoms with E-state index in [2.05, 4.69) is 52.1 Å². The van der Waals surface area contributed by atoms with Crippen molar-refractivity contribution in [3.63, 3.8) is 0 Å².